The summed E-state index contributed by atoms with van der Waals surface area (Å²) in [6.45, 7) is 3.90. The molecule has 1 aromatic heterocycles. The number of rotatable bonds is 2. The molecule has 2 aliphatic rings. The number of aromatic nitrogens is 1. The molecular formula is C18H28N2O. The molecule has 0 aliphatic heterocycles. The summed E-state index contributed by atoms with van der Waals surface area (Å²) in [5, 5.41) is 0. The zero-order valence-corrected chi connectivity index (χ0v) is 13.5. The van der Waals surface area contributed by atoms with Crippen molar-refractivity contribution < 1.29 is 0 Å². The van der Waals surface area contributed by atoms with E-state index in [0.717, 1.165) is 31.2 Å². The first-order valence-corrected chi connectivity index (χ1v) is 8.55. The van der Waals surface area contributed by atoms with Crippen molar-refractivity contribution in [3.8, 4) is 0 Å². The van der Waals surface area contributed by atoms with Crippen LogP contribution in [-0.2, 0) is 18.4 Å². The van der Waals surface area contributed by atoms with Gasteiger partial charge in [0, 0.05) is 22.8 Å². The molecule has 0 unspecified atom stereocenters. The summed E-state index contributed by atoms with van der Waals surface area (Å²) in [6, 6.07) is 2.51. The fraction of sp³-hybridized carbons (Fsp3) is 0.722. The molecule has 1 fully saturated rings. The molecule has 0 spiro atoms. The SMILES string of the molecule is CC(C)(N)c1cc2c(n(C3CCCCC3)c1=O)CCCC2. The van der Waals surface area contributed by atoms with Crippen LogP contribution < -0.4 is 11.3 Å². The molecule has 0 atom stereocenters. The van der Waals surface area contributed by atoms with Crippen LogP contribution in [0, 0.1) is 0 Å². The van der Waals surface area contributed by atoms with Gasteiger partial charge in [-0.05, 0) is 64.0 Å². The Kier molecular flexibility index (Phi) is 3.96. The monoisotopic (exact) mass is 288 g/mol. The standard InChI is InChI=1S/C18H28N2O/c1-18(2,19)15-12-13-8-6-7-11-16(13)20(17(15)21)14-9-4-3-5-10-14/h12,14H,3-11,19H2,1-2H3. The predicted octanol–water partition coefficient (Wildman–Crippen LogP) is 3.43. The van der Waals surface area contributed by atoms with Gasteiger partial charge in [0.05, 0.1) is 0 Å². The first-order valence-electron chi connectivity index (χ1n) is 8.55. The van der Waals surface area contributed by atoms with Crippen LogP contribution in [0.15, 0.2) is 10.9 Å². The van der Waals surface area contributed by atoms with Gasteiger partial charge in [0.1, 0.15) is 0 Å². The highest BCUT2D eigenvalue weighted by Crippen LogP contribution is 2.32. The van der Waals surface area contributed by atoms with Gasteiger partial charge in [0.25, 0.3) is 5.56 Å². The Morgan fingerprint density at radius 2 is 1.76 bits per heavy atom. The summed E-state index contributed by atoms with van der Waals surface area (Å²) < 4.78 is 2.15. The summed E-state index contributed by atoms with van der Waals surface area (Å²) in [5.74, 6) is 0. The highest BCUT2D eigenvalue weighted by atomic mass is 16.1. The van der Waals surface area contributed by atoms with E-state index in [1.165, 1.54) is 43.4 Å². The van der Waals surface area contributed by atoms with Gasteiger partial charge in [-0.25, -0.2) is 0 Å². The van der Waals surface area contributed by atoms with E-state index in [4.69, 9.17) is 5.73 Å². The fourth-order valence-corrected chi connectivity index (χ4v) is 4.02. The van der Waals surface area contributed by atoms with Gasteiger partial charge in [0.2, 0.25) is 0 Å². The fourth-order valence-electron chi connectivity index (χ4n) is 4.02. The average Bonchev–Trinajstić information content (AvgIpc) is 2.46. The number of fused-ring (bicyclic) bond motifs is 1. The van der Waals surface area contributed by atoms with Gasteiger partial charge in [-0.15, -0.1) is 0 Å². The number of nitrogens with two attached hydrogens (primary N) is 1. The quantitative estimate of drug-likeness (QED) is 0.906. The maximum Gasteiger partial charge on any atom is 0.256 e. The van der Waals surface area contributed by atoms with Crippen molar-refractivity contribution >= 4 is 0 Å². The van der Waals surface area contributed by atoms with Gasteiger partial charge < -0.3 is 10.3 Å². The van der Waals surface area contributed by atoms with Gasteiger partial charge >= 0.3 is 0 Å². The van der Waals surface area contributed by atoms with E-state index in [0.29, 0.717) is 6.04 Å². The molecule has 1 heterocycles. The van der Waals surface area contributed by atoms with Gasteiger partial charge in [-0.2, -0.15) is 0 Å². The van der Waals surface area contributed by atoms with Crippen LogP contribution in [0.2, 0.25) is 0 Å². The molecule has 116 valence electrons. The highest BCUT2D eigenvalue weighted by Gasteiger charge is 2.28. The molecule has 0 bridgehead atoms. The van der Waals surface area contributed by atoms with Crippen molar-refractivity contribution in [3.05, 3.63) is 33.2 Å². The summed E-state index contributed by atoms with van der Waals surface area (Å²) >= 11 is 0. The Hall–Kier alpha value is -1.09. The van der Waals surface area contributed by atoms with Crippen molar-refractivity contribution in [3.63, 3.8) is 0 Å². The predicted molar refractivity (Wildman–Crippen MR) is 86.7 cm³/mol. The first-order chi connectivity index (χ1) is 9.98. The minimum Gasteiger partial charge on any atom is -0.322 e. The second kappa shape index (κ2) is 5.60. The number of hydrogen-bond acceptors (Lipinski definition) is 2. The van der Waals surface area contributed by atoms with E-state index in [-0.39, 0.29) is 5.56 Å². The molecule has 21 heavy (non-hydrogen) atoms. The Bertz CT molecular complexity index is 574. The minimum absolute atomic E-state index is 0.176. The summed E-state index contributed by atoms with van der Waals surface area (Å²) in [5.41, 5.74) is 9.38. The van der Waals surface area contributed by atoms with E-state index in [2.05, 4.69) is 10.6 Å². The van der Waals surface area contributed by atoms with Crippen molar-refractivity contribution in [2.75, 3.05) is 0 Å². The molecule has 1 saturated carbocycles. The normalized spacial score (nSPS) is 20.3. The molecule has 2 N–H and O–H groups in total. The first kappa shape index (κ1) is 14.8. The van der Waals surface area contributed by atoms with Crippen molar-refractivity contribution in [1.29, 1.82) is 0 Å². The Labute approximate surface area is 127 Å². The summed E-state index contributed by atoms with van der Waals surface area (Å²) in [4.78, 5) is 13.1. The number of nitrogens with zero attached hydrogens (tertiary/aromatic N) is 1. The molecule has 0 amide bonds. The second-order valence-electron chi connectivity index (χ2n) is 7.43. The molecule has 0 radical (unpaired) electrons. The van der Waals surface area contributed by atoms with Crippen LogP contribution in [0.3, 0.4) is 0 Å². The van der Waals surface area contributed by atoms with E-state index in [9.17, 15) is 4.79 Å². The molecule has 3 heteroatoms. The third kappa shape index (κ3) is 2.80. The zero-order chi connectivity index (χ0) is 15.0. The maximum atomic E-state index is 13.1. The lowest BCUT2D eigenvalue weighted by Gasteiger charge is -2.32. The third-order valence-corrected chi connectivity index (χ3v) is 5.17. The van der Waals surface area contributed by atoms with E-state index in [1.54, 1.807) is 0 Å². The molecular weight excluding hydrogens is 260 g/mol. The molecule has 3 nitrogen and oxygen atoms in total. The Morgan fingerprint density at radius 3 is 2.43 bits per heavy atom. The average molecular weight is 288 g/mol. The maximum absolute atomic E-state index is 13.1. The van der Waals surface area contributed by atoms with Gasteiger partial charge in [0.15, 0.2) is 0 Å². The molecule has 0 saturated heterocycles. The van der Waals surface area contributed by atoms with Gasteiger partial charge in [-0.1, -0.05) is 19.3 Å². The molecule has 1 aromatic rings. The topological polar surface area (TPSA) is 48.0 Å². The van der Waals surface area contributed by atoms with Crippen LogP contribution in [0.5, 0.6) is 0 Å². The Balaban J connectivity index is 2.17. The van der Waals surface area contributed by atoms with Crippen LogP contribution in [0.1, 0.15) is 81.7 Å². The number of pyridine rings is 1. The van der Waals surface area contributed by atoms with Crippen molar-refractivity contribution in [2.24, 2.45) is 5.73 Å². The largest absolute Gasteiger partial charge is 0.322 e. The minimum atomic E-state index is -0.556. The number of aryl methyl sites for hydroxylation is 1. The number of hydrogen-bond donors (Lipinski definition) is 1. The van der Waals surface area contributed by atoms with Crippen LogP contribution in [0.4, 0.5) is 0 Å². The highest BCUT2D eigenvalue weighted by molar-refractivity contribution is 5.32. The summed E-state index contributed by atoms with van der Waals surface area (Å²) in [6.07, 6.45) is 10.7. The summed E-state index contributed by atoms with van der Waals surface area (Å²) in [7, 11) is 0. The van der Waals surface area contributed by atoms with Gasteiger partial charge in [-0.3, -0.25) is 4.79 Å². The van der Waals surface area contributed by atoms with E-state index in [1.807, 2.05) is 13.8 Å². The van der Waals surface area contributed by atoms with E-state index >= 15 is 0 Å². The van der Waals surface area contributed by atoms with Crippen LogP contribution >= 0.6 is 0 Å². The lowest BCUT2D eigenvalue weighted by atomic mass is 9.87. The lowest BCUT2D eigenvalue weighted by Crippen LogP contribution is -2.41. The molecule has 3 rings (SSSR count). The van der Waals surface area contributed by atoms with Crippen molar-refractivity contribution in [2.45, 2.75) is 83.2 Å². The third-order valence-electron chi connectivity index (χ3n) is 5.17. The van der Waals surface area contributed by atoms with E-state index < -0.39 is 5.54 Å². The van der Waals surface area contributed by atoms with Crippen LogP contribution in [-0.4, -0.2) is 4.57 Å². The molecule has 0 aromatic carbocycles. The zero-order valence-electron chi connectivity index (χ0n) is 13.5. The van der Waals surface area contributed by atoms with Crippen molar-refractivity contribution in [1.82, 2.24) is 4.57 Å². The van der Waals surface area contributed by atoms with Crippen LogP contribution in [0.25, 0.3) is 0 Å². The lowest BCUT2D eigenvalue weighted by molar-refractivity contribution is 0.331. The Morgan fingerprint density at radius 1 is 1.10 bits per heavy atom. The second-order valence-corrected chi connectivity index (χ2v) is 7.43. The smallest absolute Gasteiger partial charge is 0.256 e. The molecule has 2 aliphatic carbocycles.